The number of ether oxygens (including phenoxy) is 2. The van der Waals surface area contributed by atoms with E-state index in [-0.39, 0.29) is 25.5 Å². The molecule has 1 atom stereocenters. The van der Waals surface area contributed by atoms with Crippen LogP contribution in [0.15, 0.2) is 109 Å². The summed E-state index contributed by atoms with van der Waals surface area (Å²) in [5, 5.41) is 9.34. The maximum atomic E-state index is 14.1. The molecule has 4 amide bonds. The first kappa shape index (κ1) is 39.1. The van der Waals surface area contributed by atoms with Crippen molar-refractivity contribution >= 4 is 34.9 Å². The van der Waals surface area contributed by atoms with Crippen LogP contribution < -0.4 is 16.0 Å². The largest absolute Gasteiger partial charge is 0.445 e. The third-order valence-corrected chi connectivity index (χ3v) is 8.80. The van der Waals surface area contributed by atoms with Crippen LogP contribution >= 0.6 is 0 Å². The van der Waals surface area contributed by atoms with Crippen molar-refractivity contribution in [1.29, 1.82) is 0 Å². The second-order valence-corrected chi connectivity index (χ2v) is 14.8. The number of hydrogen-bond acceptors (Lipinski definition) is 6. The molecular formula is C43H49N5O6. The molecular weight excluding hydrogens is 683 g/mol. The summed E-state index contributed by atoms with van der Waals surface area (Å²) in [5.74, 6) is -0.825. The second kappa shape index (κ2) is 17.2. The summed E-state index contributed by atoms with van der Waals surface area (Å²) in [5.41, 5.74) is 4.36. The van der Waals surface area contributed by atoms with E-state index < -0.39 is 35.3 Å². The van der Waals surface area contributed by atoms with Crippen LogP contribution in [0.4, 0.5) is 9.59 Å². The van der Waals surface area contributed by atoms with E-state index in [0.29, 0.717) is 6.54 Å². The van der Waals surface area contributed by atoms with Crippen LogP contribution in [0, 0.1) is 0 Å². The molecule has 0 aliphatic carbocycles. The molecule has 0 aliphatic rings. The quantitative estimate of drug-likeness (QED) is 0.101. The Kier molecular flexibility index (Phi) is 12.4. The number of likely N-dealkylation sites (N-methyl/N-ethyl adjacent to an activating group) is 1. The number of hydrogen-bond donors (Lipinski definition) is 4. The summed E-state index contributed by atoms with van der Waals surface area (Å²) in [6.07, 6.45) is 0.836. The molecule has 282 valence electrons. The van der Waals surface area contributed by atoms with Crippen molar-refractivity contribution in [2.24, 2.45) is 0 Å². The van der Waals surface area contributed by atoms with Gasteiger partial charge in [0, 0.05) is 43.7 Å². The van der Waals surface area contributed by atoms with Crippen LogP contribution in [-0.2, 0) is 45.2 Å². The molecule has 11 heteroatoms. The highest BCUT2D eigenvalue weighted by atomic mass is 16.6. The molecule has 0 aliphatic heterocycles. The highest BCUT2D eigenvalue weighted by Gasteiger charge is 2.34. The van der Waals surface area contributed by atoms with Crippen molar-refractivity contribution in [2.45, 2.75) is 77.9 Å². The summed E-state index contributed by atoms with van der Waals surface area (Å²) in [6.45, 7) is 9.23. The minimum Gasteiger partial charge on any atom is -0.445 e. The van der Waals surface area contributed by atoms with Crippen molar-refractivity contribution in [3.63, 3.8) is 0 Å². The van der Waals surface area contributed by atoms with E-state index in [1.165, 1.54) is 0 Å². The minimum atomic E-state index is -1.39. The average molecular weight is 732 g/mol. The van der Waals surface area contributed by atoms with Crippen molar-refractivity contribution in [1.82, 2.24) is 25.8 Å². The zero-order chi connectivity index (χ0) is 38.9. The highest BCUT2D eigenvalue weighted by molar-refractivity contribution is 5.94. The Labute approximate surface area is 316 Å². The van der Waals surface area contributed by atoms with E-state index in [0.717, 1.165) is 44.3 Å². The van der Waals surface area contributed by atoms with E-state index >= 15 is 0 Å². The Morgan fingerprint density at radius 2 is 1.43 bits per heavy atom. The maximum absolute atomic E-state index is 14.1. The van der Waals surface area contributed by atoms with Gasteiger partial charge in [-0.25, -0.2) is 9.59 Å². The number of nitrogens with zero attached hydrogens (tertiary/aromatic N) is 1. The average Bonchev–Trinajstić information content (AvgIpc) is 3.55. The van der Waals surface area contributed by atoms with Crippen LogP contribution in [0.3, 0.4) is 0 Å². The lowest BCUT2D eigenvalue weighted by atomic mass is 9.98. The minimum absolute atomic E-state index is 0.0512. The van der Waals surface area contributed by atoms with Gasteiger partial charge in [-0.15, -0.1) is 0 Å². The van der Waals surface area contributed by atoms with E-state index in [2.05, 4.69) is 20.9 Å². The molecule has 54 heavy (non-hydrogen) atoms. The van der Waals surface area contributed by atoms with Crippen molar-refractivity contribution in [3.05, 3.63) is 132 Å². The monoisotopic (exact) mass is 731 g/mol. The normalized spacial score (nSPS) is 12.0. The van der Waals surface area contributed by atoms with E-state index in [4.69, 9.17) is 9.47 Å². The molecule has 4 aromatic carbocycles. The summed E-state index contributed by atoms with van der Waals surface area (Å²) in [6, 6.07) is 31.8. The Morgan fingerprint density at radius 3 is 2.15 bits per heavy atom. The number of amides is 4. The first-order chi connectivity index (χ1) is 25.7. The molecule has 1 heterocycles. The third kappa shape index (κ3) is 10.7. The van der Waals surface area contributed by atoms with Crippen molar-refractivity contribution in [3.8, 4) is 11.1 Å². The molecule has 0 unspecified atom stereocenters. The second-order valence-electron chi connectivity index (χ2n) is 14.8. The van der Waals surface area contributed by atoms with Crippen molar-refractivity contribution in [2.75, 3.05) is 7.05 Å². The van der Waals surface area contributed by atoms with Gasteiger partial charge in [0.15, 0.2) is 0 Å². The molecule has 0 radical (unpaired) electrons. The highest BCUT2D eigenvalue weighted by Crippen LogP contribution is 2.25. The predicted molar refractivity (Wildman–Crippen MR) is 209 cm³/mol. The molecule has 4 N–H and O–H groups in total. The smallest absolute Gasteiger partial charge is 0.408 e. The molecule has 0 fully saturated rings. The molecule has 0 spiro atoms. The van der Waals surface area contributed by atoms with Gasteiger partial charge in [0.2, 0.25) is 11.8 Å². The van der Waals surface area contributed by atoms with Gasteiger partial charge >= 0.3 is 12.2 Å². The fourth-order valence-corrected chi connectivity index (χ4v) is 5.98. The number of fused-ring (bicyclic) bond motifs is 1. The molecule has 0 saturated carbocycles. The van der Waals surface area contributed by atoms with Crippen LogP contribution in [0.1, 0.15) is 56.9 Å². The number of H-pyrrole nitrogens is 1. The van der Waals surface area contributed by atoms with Gasteiger partial charge in [0.05, 0.1) is 0 Å². The Bertz CT molecular complexity index is 2070. The zero-order valence-electron chi connectivity index (χ0n) is 31.7. The summed E-state index contributed by atoms with van der Waals surface area (Å²) in [4.78, 5) is 57.7. The Balaban J connectivity index is 1.27. The molecule has 0 saturated heterocycles. The number of aromatic amines is 1. The van der Waals surface area contributed by atoms with Gasteiger partial charge < -0.3 is 35.3 Å². The van der Waals surface area contributed by atoms with Crippen molar-refractivity contribution < 1.29 is 28.7 Å². The first-order valence-corrected chi connectivity index (χ1v) is 17.9. The van der Waals surface area contributed by atoms with Crippen LogP contribution in [-0.4, -0.2) is 58.1 Å². The van der Waals surface area contributed by atoms with E-state index in [1.54, 1.807) is 25.8 Å². The molecule has 1 aromatic heterocycles. The fourth-order valence-electron chi connectivity index (χ4n) is 5.98. The number of benzene rings is 4. The van der Waals surface area contributed by atoms with Crippen LogP contribution in [0.5, 0.6) is 0 Å². The van der Waals surface area contributed by atoms with Gasteiger partial charge in [0.25, 0.3) is 0 Å². The number of carbonyl (C=O) groups excluding carboxylic acids is 4. The molecule has 0 bridgehead atoms. The molecule has 11 nitrogen and oxygen atoms in total. The lowest BCUT2D eigenvalue weighted by Gasteiger charge is -2.30. The van der Waals surface area contributed by atoms with Gasteiger partial charge in [0.1, 0.15) is 23.8 Å². The Hall–Kier alpha value is -6.10. The van der Waals surface area contributed by atoms with Gasteiger partial charge in [-0.1, -0.05) is 97.1 Å². The predicted octanol–water partition coefficient (Wildman–Crippen LogP) is 7.25. The van der Waals surface area contributed by atoms with E-state index in [1.807, 2.05) is 130 Å². The van der Waals surface area contributed by atoms with Gasteiger partial charge in [-0.2, -0.15) is 0 Å². The summed E-state index contributed by atoms with van der Waals surface area (Å²) < 4.78 is 10.7. The SMILES string of the molecule is CN(Cc1ccc(-c2ccccc2CNC(=O)OC(C)(C)C)cc1)C(=O)[C@@H](Cc1c[nH]c2ccccc12)NC(=O)C(C)(C)NC(=O)OCc1ccccc1. The lowest BCUT2D eigenvalue weighted by Crippen LogP contribution is -2.59. The number of alkyl carbamates (subject to hydrolysis) is 2. The van der Waals surface area contributed by atoms with Gasteiger partial charge in [-0.3, -0.25) is 9.59 Å². The van der Waals surface area contributed by atoms with E-state index in [9.17, 15) is 19.2 Å². The number of nitrogens with one attached hydrogen (secondary N) is 4. The number of rotatable bonds is 13. The summed E-state index contributed by atoms with van der Waals surface area (Å²) >= 11 is 0. The van der Waals surface area contributed by atoms with Crippen LogP contribution in [0.25, 0.3) is 22.0 Å². The Morgan fingerprint density at radius 1 is 0.759 bits per heavy atom. The van der Waals surface area contributed by atoms with Crippen LogP contribution in [0.2, 0.25) is 0 Å². The topological polar surface area (TPSA) is 142 Å². The third-order valence-electron chi connectivity index (χ3n) is 8.80. The number of carbonyl (C=O) groups is 4. The zero-order valence-corrected chi connectivity index (χ0v) is 31.7. The summed E-state index contributed by atoms with van der Waals surface area (Å²) in [7, 11) is 1.70. The molecule has 5 aromatic rings. The first-order valence-electron chi connectivity index (χ1n) is 17.9. The maximum Gasteiger partial charge on any atom is 0.408 e. The lowest BCUT2D eigenvalue weighted by molar-refractivity contribution is -0.137. The number of para-hydroxylation sites is 1. The number of aromatic nitrogens is 1. The molecule has 5 rings (SSSR count). The van der Waals surface area contributed by atoms with Gasteiger partial charge in [-0.05, 0) is 74.1 Å². The standard InChI is InChI=1S/C43H49N5O6/c1-42(2,3)54-40(51)45-25-32-16-10-11-17-34(32)31-22-20-29(21-23-31)27-48(6)38(49)37(24-33-26-44-36-19-13-12-18-35(33)36)46-39(50)43(4,5)47-41(52)53-28-30-14-8-7-9-15-30/h7-23,26,37,44H,24-25,27-28H2,1-6H3,(H,45,51)(H,46,50)(H,47,52)/t37-/m1/s1. The fraction of sp³-hybridized carbons (Fsp3) is 0.302.